The molecular formula is C14H21NO4. The lowest BCUT2D eigenvalue weighted by molar-refractivity contribution is -0.0992. The lowest BCUT2D eigenvalue weighted by Crippen LogP contribution is -2.40. The van der Waals surface area contributed by atoms with Gasteiger partial charge in [-0.25, -0.2) is 0 Å². The van der Waals surface area contributed by atoms with E-state index in [1.54, 1.807) is 40.4 Å². The van der Waals surface area contributed by atoms with Crippen LogP contribution in [0.1, 0.15) is 17.3 Å². The second-order valence-electron chi connectivity index (χ2n) is 4.10. The van der Waals surface area contributed by atoms with Gasteiger partial charge in [-0.1, -0.05) is 12.1 Å². The maximum absolute atomic E-state index is 12.3. The van der Waals surface area contributed by atoms with Crippen molar-refractivity contribution in [3.05, 3.63) is 29.8 Å². The van der Waals surface area contributed by atoms with Gasteiger partial charge in [0, 0.05) is 20.8 Å². The summed E-state index contributed by atoms with van der Waals surface area (Å²) in [4.78, 5) is 12.3. The Hall–Kier alpha value is -1.43. The predicted octanol–water partition coefficient (Wildman–Crippen LogP) is 1.47. The second-order valence-corrected chi connectivity index (χ2v) is 4.10. The van der Waals surface area contributed by atoms with Crippen molar-refractivity contribution in [1.29, 1.82) is 0 Å². The Balaban J connectivity index is 2.66. The molecule has 5 heteroatoms. The first kappa shape index (κ1) is 15.6. The minimum absolute atomic E-state index is 0.0246. The molecule has 0 spiro atoms. The predicted molar refractivity (Wildman–Crippen MR) is 72.6 cm³/mol. The Bertz CT molecular complexity index is 404. The number of rotatable bonds is 8. The van der Waals surface area contributed by atoms with Crippen LogP contribution < -0.4 is 10.1 Å². The van der Waals surface area contributed by atoms with Crippen molar-refractivity contribution in [3.8, 4) is 5.75 Å². The van der Waals surface area contributed by atoms with E-state index >= 15 is 0 Å². The van der Waals surface area contributed by atoms with Gasteiger partial charge < -0.3 is 19.5 Å². The number of carbonyl (C=O) groups excluding carboxylic acids is 1. The fourth-order valence-electron chi connectivity index (χ4n) is 1.71. The number of ketones is 1. The molecule has 1 unspecified atom stereocenters. The molecule has 0 radical (unpaired) electrons. The van der Waals surface area contributed by atoms with Crippen LogP contribution in [0.25, 0.3) is 0 Å². The second kappa shape index (κ2) is 7.89. The van der Waals surface area contributed by atoms with Crippen LogP contribution in [0.2, 0.25) is 0 Å². The molecule has 0 fully saturated rings. The zero-order chi connectivity index (χ0) is 14.3. The van der Waals surface area contributed by atoms with Gasteiger partial charge in [-0.15, -0.1) is 0 Å². The zero-order valence-electron chi connectivity index (χ0n) is 11.8. The van der Waals surface area contributed by atoms with Crippen LogP contribution in [-0.4, -0.2) is 46.0 Å². The van der Waals surface area contributed by atoms with Crippen molar-refractivity contribution < 1.29 is 19.0 Å². The largest absolute Gasteiger partial charge is 0.496 e. The average Bonchev–Trinajstić information content (AvgIpc) is 2.47. The highest BCUT2D eigenvalue weighted by Gasteiger charge is 2.19. The third-order valence-corrected chi connectivity index (χ3v) is 2.88. The molecule has 1 N–H and O–H groups in total. The first-order valence-electron chi connectivity index (χ1n) is 6.10. The lowest BCUT2D eigenvalue weighted by Gasteiger charge is -2.18. The summed E-state index contributed by atoms with van der Waals surface area (Å²) >= 11 is 0. The number of hydrogen-bond acceptors (Lipinski definition) is 5. The quantitative estimate of drug-likeness (QED) is 0.571. The van der Waals surface area contributed by atoms with E-state index in [0.717, 1.165) is 0 Å². The highest BCUT2D eigenvalue weighted by atomic mass is 16.7. The maximum Gasteiger partial charge on any atom is 0.183 e. The molecule has 106 valence electrons. The van der Waals surface area contributed by atoms with E-state index in [-0.39, 0.29) is 18.1 Å². The SMILES string of the molecule is COc1ccccc1C(=O)C(C)NCC(OC)OC. The van der Waals surface area contributed by atoms with Crippen LogP contribution in [0.15, 0.2) is 24.3 Å². The number of Topliss-reactive ketones (excluding diaryl/α,β-unsaturated/α-hetero) is 1. The van der Waals surface area contributed by atoms with E-state index in [9.17, 15) is 4.79 Å². The van der Waals surface area contributed by atoms with Gasteiger partial charge in [-0.2, -0.15) is 0 Å². The number of carbonyl (C=O) groups is 1. The van der Waals surface area contributed by atoms with Crippen LogP contribution in [0.4, 0.5) is 0 Å². The molecule has 19 heavy (non-hydrogen) atoms. The van der Waals surface area contributed by atoms with Crippen LogP contribution in [0, 0.1) is 0 Å². The molecule has 0 aliphatic carbocycles. The molecule has 0 aliphatic rings. The minimum Gasteiger partial charge on any atom is -0.496 e. The normalized spacial score (nSPS) is 12.5. The lowest BCUT2D eigenvalue weighted by atomic mass is 10.0. The summed E-state index contributed by atoms with van der Waals surface area (Å²) in [5.41, 5.74) is 0.566. The topological polar surface area (TPSA) is 56.8 Å². The van der Waals surface area contributed by atoms with E-state index in [0.29, 0.717) is 17.9 Å². The van der Waals surface area contributed by atoms with Crippen LogP contribution in [0.3, 0.4) is 0 Å². The number of nitrogens with one attached hydrogen (secondary N) is 1. The van der Waals surface area contributed by atoms with Crippen molar-refractivity contribution >= 4 is 5.78 Å². The zero-order valence-corrected chi connectivity index (χ0v) is 11.8. The Labute approximate surface area is 113 Å². The number of para-hydroxylation sites is 1. The first-order valence-corrected chi connectivity index (χ1v) is 6.10. The molecule has 0 heterocycles. The van der Waals surface area contributed by atoms with E-state index < -0.39 is 0 Å². The number of ether oxygens (including phenoxy) is 3. The smallest absolute Gasteiger partial charge is 0.183 e. The summed E-state index contributed by atoms with van der Waals surface area (Å²) in [7, 11) is 4.67. The highest BCUT2D eigenvalue weighted by Crippen LogP contribution is 2.18. The van der Waals surface area contributed by atoms with Crippen molar-refractivity contribution in [1.82, 2.24) is 5.32 Å². The van der Waals surface area contributed by atoms with Crippen molar-refractivity contribution in [3.63, 3.8) is 0 Å². The van der Waals surface area contributed by atoms with Gasteiger partial charge in [0.2, 0.25) is 0 Å². The summed E-state index contributed by atoms with van der Waals surface area (Å²) in [6.45, 7) is 2.24. The Morgan fingerprint density at radius 1 is 1.21 bits per heavy atom. The summed E-state index contributed by atoms with van der Waals surface area (Å²) in [6, 6.07) is 6.83. The summed E-state index contributed by atoms with van der Waals surface area (Å²) in [5, 5.41) is 3.08. The molecule has 5 nitrogen and oxygen atoms in total. The van der Waals surface area contributed by atoms with E-state index in [1.165, 1.54) is 0 Å². The van der Waals surface area contributed by atoms with Gasteiger partial charge in [-0.3, -0.25) is 4.79 Å². The van der Waals surface area contributed by atoms with Gasteiger partial charge in [0.05, 0.1) is 18.7 Å². The Kier molecular flexibility index (Phi) is 6.49. The fourth-order valence-corrected chi connectivity index (χ4v) is 1.71. The number of methoxy groups -OCH3 is 3. The maximum atomic E-state index is 12.3. The van der Waals surface area contributed by atoms with Gasteiger partial charge in [0.15, 0.2) is 12.1 Å². The van der Waals surface area contributed by atoms with Gasteiger partial charge in [0.1, 0.15) is 5.75 Å². The molecule has 0 saturated heterocycles. The molecule has 0 saturated carbocycles. The monoisotopic (exact) mass is 267 g/mol. The molecule has 0 aliphatic heterocycles. The Morgan fingerprint density at radius 3 is 2.42 bits per heavy atom. The molecular weight excluding hydrogens is 246 g/mol. The molecule has 0 amide bonds. The average molecular weight is 267 g/mol. The molecule has 1 aromatic carbocycles. The van der Waals surface area contributed by atoms with Crippen LogP contribution >= 0.6 is 0 Å². The molecule has 0 bridgehead atoms. The number of benzene rings is 1. The molecule has 1 rings (SSSR count). The van der Waals surface area contributed by atoms with Gasteiger partial charge in [0.25, 0.3) is 0 Å². The minimum atomic E-state index is -0.368. The fraction of sp³-hybridized carbons (Fsp3) is 0.500. The summed E-state index contributed by atoms with van der Waals surface area (Å²) in [6.07, 6.45) is -0.368. The molecule has 0 aromatic heterocycles. The van der Waals surface area contributed by atoms with E-state index in [1.807, 2.05) is 12.1 Å². The molecule has 1 aromatic rings. The summed E-state index contributed by atoms with van der Waals surface area (Å²) in [5.74, 6) is 0.555. The van der Waals surface area contributed by atoms with Crippen molar-refractivity contribution in [2.75, 3.05) is 27.9 Å². The van der Waals surface area contributed by atoms with Gasteiger partial charge in [-0.05, 0) is 19.1 Å². The van der Waals surface area contributed by atoms with Crippen LogP contribution in [0.5, 0.6) is 5.75 Å². The van der Waals surface area contributed by atoms with Crippen LogP contribution in [-0.2, 0) is 9.47 Å². The third kappa shape index (κ3) is 4.31. The highest BCUT2D eigenvalue weighted by molar-refractivity contribution is 6.02. The summed E-state index contributed by atoms with van der Waals surface area (Å²) < 4.78 is 15.3. The first-order chi connectivity index (χ1) is 9.13. The standard InChI is InChI=1S/C14H21NO4/c1-10(15-9-13(18-3)19-4)14(16)11-7-5-6-8-12(11)17-2/h5-8,10,13,15H,9H2,1-4H3. The van der Waals surface area contributed by atoms with Gasteiger partial charge >= 0.3 is 0 Å². The van der Waals surface area contributed by atoms with Crippen molar-refractivity contribution in [2.45, 2.75) is 19.3 Å². The van der Waals surface area contributed by atoms with E-state index in [2.05, 4.69) is 5.32 Å². The number of hydrogen-bond donors (Lipinski definition) is 1. The van der Waals surface area contributed by atoms with E-state index in [4.69, 9.17) is 14.2 Å². The Morgan fingerprint density at radius 2 is 1.84 bits per heavy atom. The third-order valence-electron chi connectivity index (χ3n) is 2.88. The molecule has 1 atom stereocenters. The van der Waals surface area contributed by atoms with Crippen molar-refractivity contribution in [2.24, 2.45) is 0 Å².